The second kappa shape index (κ2) is 8.81. The molecule has 1 aliphatic carbocycles. The first kappa shape index (κ1) is 22.5. The maximum atomic E-state index is 13.3. The molecule has 3 aliphatic heterocycles. The van der Waals surface area contributed by atoms with Gasteiger partial charge in [0, 0.05) is 51.4 Å². The molecule has 5 rings (SSSR count). The van der Waals surface area contributed by atoms with Gasteiger partial charge < -0.3 is 19.3 Å². The lowest BCUT2D eigenvalue weighted by atomic mass is 9.88. The van der Waals surface area contributed by atoms with Crippen molar-refractivity contribution in [1.82, 2.24) is 9.80 Å². The second-order valence-corrected chi connectivity index (χ2v) is 9.69. The molecule has 0 aromatic heterocycles. The number of halogens is 3. The van der Waals surface area contributed by atoms with E-state index in [0.29, 0.717) is 56.8 Å². The normalized spacial score (nSPS) is 26.8. The molecule has 3 heterocycles. The van der Waals surface area contributed by atoms with E-state index in [2.05, 4.69) is 0 Å². The second-order valence-electron chi connectivity index (χ2n) is 9.69. The summed E-state index contributed by atoms with van der Waals surface area (Å²) in [7, 11) is 0. The Bertz CT molecular complexity index is 909. The number of carbonyl (C=O) groups excluding carboxylic acids is 2. The van der Waals surface area contributed by atoms with Crippen LogP contribution in [0.1, 0.15) is 55.6 Å². The maximum Gasteiger partial charge on any atom is 0.416 e. The lowest BCUT2D eigenvalue weighted by Crippen LogP contribution is -2.55. The zero-order chi connectivity index (χ0) is 23.2. The topological polar surface area (TPSA) is 59.1 Å². The number of hydrogen-bond donors (Lipinski definition) is 0. The molecule has 2 amide bonds. The van der Waals surface area contributed by atoms with E-state index in [9.17, 15) is 22.8 Å². The SMILES string of the molecule is O=C1CO[C@H]2CCN(C(=O)N3CCC(Oc4ccc(C(F)(F)F)c(C5CC5)c4)CC3)C[C@H]2C1. The monoisotopic (exact) mass is 466 g/mol. The number of ketones is 1. The zero-order valence-corrected chi connectivity index (χ0v) is 18.5. The summed E-state index contributed by atoms with van der Waals surface area (Å²) in [5.74, 6) is 0.610. The van der Waals surface area contributed by atoms with Crippen molar-refractivity contribution in [3.63, 3.8) is 0 Å². The lowest BCUT2D eigenvalue weighted by Gasteiger charge is -2.43. The molecule has 0 unspecified atom stereocenters. The molecular weight excluding hydrogens is 437 g/mol. The number of piperidine rings is 2. The standard InChI is InChI=1S/C24H29F3N2O4/c25-24(26,27)21-4-3-19(12-20(21)15-1-2-15)33-18-5-8-28(9-6-18)23(31)29-10-7-22-16(13-29)11-17(30)14-32-22/h3-4,12,15-16,18,22H,1-2,5-11,13-14H2/t16-,22+/m1/s1. The number of amides is 2. The van der Waals surface area contributed by atoms with Crippen molar-refractivity contribution in [2.45, 2.75) is 62.8 Å². The van der Waals surface area contributed by atoms with Crippen LogP contribution in [-0.4, -0.2) is 66.6 Å². The number of likely N-dealkylation sites (tertiary alicyclic amines) is 2. The van der Waals surface area contributed by atoms with Gasteiger partial charge in [0.1, 0.15) is 18.5 Å². The van der Waals surface area contributed by atoms with Gasteiger partial charge in [0.05, 0.1) is 11.7 Å². The highest BCUT2D eigenvalue weighted by Crippen LogP contribution is 2.47. The van der Waals surface area contributed by atoms with E-state index in [1.165, 1.54) is 6.07 Å². The predicted molar refractivity (Wildman–Crippen MR) is 113 cm³/mol. The number of alkyl halides is 3. The number of benzene rings is 1. The van der Waals surface area contributed by atoms with E-state index in [1.807, 2.05) is 9.80 Å². The average Bonchev–Trinajstić information content (AvgIpc) is 3.63. The van der Waals surface area contributed by atoms with E-state index >= 15 is 0 Å². The largest absolute Gasteiger partial charge is 0.490 e. The van der Waals surface area contributed by atoms with Gasteiger partial charge in [-0.3, -0.25) is 4.79 Å². The molecule has 1 aromatic carbocycles. The summed E-state index contributed by atoms with van der Waals surface area (Å²) < 4.78 is 51.5. The van der Waals surface area contributed by atoms with Gasteiger partial charge in [0.2, 0.25) is 0 Å². The van der Waals surface area contributed by atoms with E-state index in [0.717, 1.165) is 25.3 Å². The minimum atomic E-state index is -4.35. The highest BCUT2D eigenvalue weighted by molar-refractivity contribution is 5.81. The van der Waals surface area contributed by atoms with Gasteiger partial charge in [0.25, 0.3) is 0 Å². The fourth-order valence-electron chi connectivity index (χ4n) is 5.31. The number of urea groups is 1. The molecule has 0 spiro atoms. The number of ether oxygens (including phenoxy) is 2. The van der Waals surface area contributed by atoms with Crippen LogP contribution < -0.4 is 4.74 Å². The number of fused-ring (bicyclic) bond motifs is 1. The number of hydrogen-bond acceptors (Lipinski definition) is 4. The molecule has 0 bridgehead atoms. The Morgan fingerprint density at radius 1 is 1.03 bits per heavy atom. The number of rotatable bonds is 3. The molecule has 2 atom stereocenters. The number of carbonyl (C=O) groups is 2. The maximum absolute atomic E-state index is 13.3. The van der Waals surface area contributed by atoms with Crippen LogP contribution in [0.4, 0.5) is 18.0 Å². The third kappa shape index (κ3) is 4.98. The van der Waals surface area contributed by atoms with Gasteiger partial charge in [0.15, 0.2) is 5.78 Å². The molecule has 3 saturated heterocycles. The van der Waals surface area contributed by atoms with Crippen molar-refractivity contribution in [1.29, 1.82) is 0 Å². The van der Waals surface area contributed by atoms with Crippen LogP contribution in [0.2, 0.25) is 0 Å². The first-order valence-electron chi connectivity index (χ1n) is 11.8. The van der Waals surface area contributed by atoms with Crippen LogP contribution in [0, 0.1) is 5.92 Å². The molecule has 1 aromatic rings. The quantitative estimate of drug-likeness (QED) is 0.669. The van der Waals surface area contributed by atoms with Crippen molar-refractivity contribution in [2.75, 3.05) is 32.8 Å². The predicted octanol–water partition coefficient (Wildman–Crippen LogP) is 4.23. The summed E-state index contributed by atoms with van der Waals surface area (Å²) in [4.78, 5) is 28.3. The fourth-order valence-corrected chi connectivity index (χ4v) is 5.31. The molecule has 6 nitrogen and oxygen atoms in total. The smallest absolute Gasteiger partial charge is 0.416 e. The van der Waals surface area contributed by atoms with Gasteiger partial charge in [-0.1, -0.05) is 0 Å². The van der Waals surface area contributed by atoms with Gasteiger partial charge in [-0.2, -0.15) is 13.2 Å². The Morgan fingerprint density at radius 3 is 2.45 bits per heavy atom. The summed E-state index contributed by atoms with van der Waals surface area (Å²) >= 11 is 0. The Labute approximate surface area is 191 Å². The third-order valence-electron chi connectivity index (χ3n) is 7.24. The summed E-state index contributed by atoms with van der Waals surface area (Å²) in [6.07, 6.45) is -0.367. The minimum absolute atomic E-state index is 0.0181. The summed E-state index contributed by atoms with van der Waals surface area (Å²) in [5, 5.41) is 0. The Kier molecular flexibility index (Phi) is 6.01. The van der Waals surface area contributed by atoms with Crippen molar-refractivity contribution < 1.29 is 32.2 Å². The van der Waals surface area contributed by atoms with Crippen molar-refractivity contribution in [2.24, 2.45) is 5.92 Å². The molecule has 0 N–H and O–H groups in total. The molecule has 33 heavy (non-hydrogen) atoms. The van der Waals surface area contributed by atoms with E-state index in [1.54, 1.807) is 6.07 Å². The average molecular weight is 467 g/mol. The van der Waals surface area contributed by atoms with Gasteiger partial charge in [-0.05, 0) is 48.9 Å². The van der Waals surface area contributed by atoms with Crippen molar-refractivity contribution >= 4 is 11.8 Å². The van der Waals surface area contributed by atoms with Crippen LogP contribution in [0.15, 0.2) is 18.2 Å². The van der Waals surface area contributed by atoms with Crippen LogP contribution in [-0.2, 0) is 15.7 Å². The Morgan fingerprint density at radius 2 is 1.76 bits per heavy atom. The summed E-state index contributed by atoms with van der Waals surface area (Å²) in [6.45, 7) is 2.43. The van der Waals surface area contributed by atoms with Crippen LogP contribution in [0.5, 0.6) is 5.75 Å². The fraction of sp³-hybridized carbons (Fsp3) is 0.667. The van der Waals surface area contributed by atoms with E-state index < -0.39 is 11.7 Å². The number of nitrogens with zero attached hydrogens (tertiary/aromatic N) is 2. The first-order valence-corrected chi connectivity index (χ1v) is 11.8. The van der Waals surface area contributed by atoms with Crippen LogP contribution >= 0.6 is 0 Å². The lowest BCUT2D eigenvalue weighted by molar-refractivity contribution is -0.140. The van der Waals surface area contributed by atoms with Crippen molar-refractivity contribution in [3.8, 4) is 5.75 Å². The molecular formula is C24H29F3N2O4. The molecule has 0 radical (unpaired) electrons. The van der Waals surface area contributed by atoms with Gasteiger partial charge in [-0.25, -0.2) is 4.79 Å². The molecule has 1 saturated carbocycles. The van der Waals surface area contributed by atoms with Crippen molar-refractivity contribution in [3.05, 3.63) is 29.3 Å². The number of Topliss-reactive ketones (excluding diaryl/α,β-unsaturated/α-hetero) is 1. The minimum Gasteiger partial charge on any atom is -0.490 e. The summed E-state index contributed by atoms with van der Waals surface area (Å²) in [6, 6.07) is 4.07. The molecule has 4 aliphatic rings. The molecule has 4 fully saturated rings. The zero-order valence-electron chi connectivity index (χ0n) is 18.5. The third-order valence-corrected chi connectivity index (χ3v) is 7.24. The Balaban J connectivity index is 1.15. The Hall–Kier alpha value is -2.29. The van der Waals surface area contributed by atoms with Gasteiger partial charge >= 0.3 is 12.2 Å². The van der Waals surface area contributed by atoms with Gasteiger partial charge in [-0.15, -0.1) is 0 Å². The highest BCUT2D eigenvalue weighted by atomic mass is 19.4. The van der Waals surface area contributed by atoms with Crippen LogP contribution in [0.3, 0.4) is 0 Å². The van der Waals surface area contributed by atoms with E-state index in [-0.39, 0.29) is 42.5 Å². The summed E-state index contributed by atoms with van der Waals surface area (Å²) in [5.41, 5.74) is -0.229. The van der Waals surface area contributed by atoms with E-state index in [4.69, 9.17) is 9.47 Å². The first-order chi connectivity index (χ1) is 15.8. The molecule has 180 valence electrons. The van der Waals surface area contributed by atoms with Crippen LogP contribution in [0.25, 0.3) is 0 Å². The highest BCUT2D eigenvalue weighted by Gasteiger charge is 2.40. The molecule has 9 heteroatoms.